The van der Waals surface area contributed by atoms with Crippen LogP contribution in [0.4, 0.5) is 0 Å². The van der Waals surface area contributed by atoms with E-state index in [1.54, 1.807) is 11.8 Å². The molecule has 102 valence electrons. The molecule has 1 amide bonds. The zero-order valence-corrected chi connectivity index (χ0v) is 10.8. The fourth-order valence-corrected chi connectivity index (χ4v) is 2.40. The summed E-state index contributed by atoms with van der Waals surface area (Å²) in [5.41, 5.74) is 0. The van der Waals surface area contributed by atoms with Gasteiger partial charge in [0, 0.05) is 18.1 Å². The fraction of sp³-hybridized carbons (Fsp3) is 0.700. The van der Waals surface area contributed by atoms with E-state index in [1.165, 1.54) is 7.11 Å². The quantitative estimate of drug-likeness (QED) is 0.544. The Morgan fingerprint density at radius 2 is 2.28 bits per heavy atom. The van der Waals surface area contributed by atoms with E-state index in [9.17, 15) is 14.4 Å². The van der Waals surface area contributed by atoms with Crippen LogP contribution >= 0.6 is 11.8 Å². The third-order valence-corrected chi connectivity index (χ3v) is 3.45. The summed E-state index contributed by atoms with van der Waals surface area (Å²) in [7, 11) is 1.23. The van der Waals surface area contributed by atoms with Crippen LogP contribution in [0, 0.1) is 0 Å². The number of nitrogens with one attached hydrogen (secondary N) is 2. The molecular weight excluding hydrogens is 260 g/mol. The van der Waals surface area contributed by atoms with Gasteiger partial charge in [-0.25, -0.2) is 4.79 Å². The van der Waals surface area contributed by atoms with Gasteiger partial charge in [0.25, 0.3) is 0 Å². The van der Waals surface area contributed by atoms with Gasteiger partial charge < -0.3 is 15.2 Å². The molecule has 7 nitrogen and oxygen atoms in total. The third-order valence-electron chi connectivity index (χ3n) is 2.51. The monoisotopic (exact) mass is 276 g/mol. The van der Waals surface area contributed by atoms with Crippen molar-refractivity contribution in [3.8, 4) is 0 Å². The fourth-order valence-electron chi connectivity index (χ4n) is 1.46. The normalized spacial score (nSPS) is 20.2. The summed E-state index contributed by atoms with van der Waals surface area (Å²) >= 11 is 1.57. The number of hydrogen-bond donors (Lipinski definition) is 3. The van der Waals surface area contributed by atoms with Crippen LogP contribution in [0.2, 0.25) is 0 Å². The SMILES string of the molecule is COC(=O)CC[C@@H](NC(=O)C1CSCN1)C(=O)O. The van der Waals surface area contributed by atoms with E-state index < -0.39 is 18.0 Å². The standard InChI is InChI=1S/C10H16N2O5S/c1-17-8(13)3-2-6(10(15)16)12-9(14)7-4-18-5-11-7/h6-7,11H,2-5H2,1H3,(H,12,14)(H,15,16)/t6-,7?/m1/s1. The van der Waals surface area contributed by atoms with Gasteiger partial charge in [-0.05, 0) is 6.42 Å². The number of aliphatic carboxylic acids is 1. The van der Waals surface area contributed by atoms with Gasteiger partial charge in [-0.1, -0.05) is 0 Å². The highest BCUT2D eigenvalue weighted by Crippen LogP contribution is 2.10. The summed E-state index contributed by atoms with van der Waals surface area (Å²) in [6.07, 6.45) is -0.0196. The van der Waals surface area contributed by atoms with Gasteiger partial charge >= 0.3 is 11.9 Å². The molecule has 3 N–H and O–H groups in total. The van der Waals surface area contributed by atoms with Crippen molar-refractivity contribution < 1.29 is 24.2 Å². The number of ether oxygens (including phenoxy) is 1. The van der Waals surface area contributed by atoms with Crippen LogP contribution < -0.4 is 10.6 Å². The maximum atomic E-state index is 11.7. The van der Waals surface area contributed by atoms with Crippen molar-refractivity contribution in [2.75, 3.05) is 18.7 Å². The molecule has 1 aliphatic rings. The molecule has 0 spiro atoms. The third kappa shape index (κ3) is 4.53. The van der Waals surface area contributed by atoms with Crippen molar-refractivity contribution in [1.82, 2.24) is 10.6 Å². The summed E-state index contributed by atoms with van der Waals surface area (Å²) in [5.74, 6) is -0.701. The molecule has 0 aromatic rings. The van der Waals surface area contributed by atoms with E-state index in [4.69, 9.17) is 5.11 Å². The first-order chi connectivity index (χ1) is 8.54. The van der Waals surface area contributed by atoms with Crippen LogP contribution in [0.15, 0.2) is 0 Å². The summed E-state index contributed by atoms with van der Waals surface area (Å²) in [6, 6.07) is -1.43. The molecule has 0 saturated carbocycles. The number of methoxy groups -OCH3 is 1. The van der Waals surface area contributed by atoms with Crippen LogP contribution in [0.25, 0.3) is 0 Å². The summed E-state index contributed by atoms with van der Waals surface area (Å²) in [5, 5.41) is 14.3. The Balaban J connectivity index is 2.44. The lowest BCUT2D eigenvalue weighted by Crippen LogP contribution is -2.49. The smallest absolute Gasteiger partial charge is 0.326 e. The van der Waals surface area contributed by atoms with Crippen molar-refractivity contribution in [2.24, 2.45) is 0 Å². The molecule has 0 aromatic carbocycles. The average molecular weight is 276 g/mol. The second kappa shape index (κ2) is 7.22. The van der Waals surface area contributed by atoms with Crippen molar-refractivity contribution >= 4 is 29.6 Å². The minimum absolute atomic E-state index is 0.0214. The van der Waals surface area contributed by atoms with Gasteiger partial charge in [-0.3, -0.25) is 14.9 Å². The molecule has 0 aromatic heterocycles. The Labute approximate surface area is 109 Å². The maximum Gasteiger partial charge on any atom is 0.326 e. The Morgan fingerprint density at radius 3 is 2.78 bits per heavy atom. The van der Waals surface area contributed by atoms with Gasteiger partial charge in [0.1, 0.15) is 6.04 Å². The van der Waals surface area contributed by atoms with E-state index in [0.717, 1.165) is 0 Å². The first-order valence-corrected chi connectivity index (χ1v) is 6.61. The predicted molar refractivity (Wildman–Crippen MR) is 65.1 cm³/mol. The largest absolute Gasteiger partial charge is 0.480 e. The first-order valence-electron chi connectivity index (χ1n) is 5.45. The van der Waals surface area contributed by atoms with Crippen molar-refractivity contribution in [2.45, 2.75) is 24.9 Å². The molecule has 1 unspecified atom stereocenters. The van der Waals surface area contributed by atoms with Gasteiger partial charge in [0.15, 0.2) is 0 Å². The van der Waals surface area contributed by atoms with Gasteiger partial charge in [0.05, 0.1) is 13.2 Å². The van der Waals surface area contributed by atoms with E-state index in [2.05, 4.69) is 15.4 Å². The number of rotatable bonds is 6. The summed E-state index contributed by atoms with van der Waals surface area (Å²) in [4.78, 5) is 33.6. The molecule has 0 aliphatic carbocycles. The number of thioether (sulfide) groups is 1. The van der Waals surface area contributed by atoms with Crippen molar-refractivity contribution in [3.63, 3.8) is 0 Å². The minimum atomic E-state index is -1.15. The maximum absolute atomic E-state index is 11.7. The number of carbonyl (C=O) groups excluding carboxylic acids is 2. The molecular formula is C10H16N2O5S. The van der Waals surface area contributed by atoms with Crippen LogP contribution in [0.5, 0.6) is 0 Å². The van der Waals surface area contributed by atoms with Crippen LogP contribution in [0.3, 0.4) is 0 Å². The van der Waals surface area contributed by atoms with E-state index in [1.807, 2.05) is 0 Å². The predicted octanol–water partition coefficient (Wildman–Crippen LogP) is -0.828. The number of carboxylic acid groups (broad SMARTS) is 1. The number of esters is 1. The molecule has 8 heteroatoms. The number of carboxylic acids is 1. The Kier molecular flexibility index (Phi) is 5.93. The second-order valence-corrected chi connectivity index (χ2v) is 4.82. The van der Waals surface area contributed by atoms with E-state index in [0.29, 0.717) is 11.6 Å². The van der Waals surface area contributed by atoms with Gasteiger partial charge in [-0.2, -0.15) is 0 Å². The molecule has 2 atom stereocenters. The minimum Gasteiger partial charge on any atom is -0.480 e. The van der Waals surface area contributed by atoms with Gasteiger partial charge in [0.2, 0.25) is 5.91 Å². The summed E-state index contributed by atoms with van der Waals surface area (Å²) in [6.45, 7) is 0. The van der Waals surface area contributed by atoms with Crippen molar-refractivity contribution in [1.29, 1.82) is 0 Å². The molecule has 0 radical (unpaired) electrons. The molecule has 1 aliphatic heterocycles. The summed E-state index contributed by atoms with van der Waals surface area (Å²) < 4.78 is 4.42. The lowest BCUT2D eigenvalue weighted by Gasteiger charge is -2.16. The molecule has 1 rings (SSSR count). The highest BCUT2D eigenvalue weighted by molar-refractivity contribution is 7.99. The molecule has 1 heterocycles. The Morgan fingerprint density at radius 1 is 1.56 bits per heavy atom. The zero-order valence-electron chi connectivity index (χ0n) is 9.97. The molecule has 1 saturated heterocycles. The second-order valence-electron chi connectivity index (χ2n) is 3.79. The lowest BCUT2D eigenvalue weighted by molar-refractivity contribution is -0.144. The number of carbonyl (C=O) groups is 3. The highest BCUT2D eigenvalue weighted by atomic mass is 32.2. The van der Waals surface area contributed by atoms with Crippen LogP contribution in [0.1, 0.15) is 12.8 Å². The molecule has 0 bridgehead atoms. The van der Waals surface area contributed by atoms with E-state index >= 15 is 0 Å². The highest BCUT2D eigenvalue weighted by Gasteiger charge is 2.27. The topological polar surface area (TPSA) is 105 Å². The number of hydrogen-bond acceptors (Lipinski definition) is 6. The average Bonchev–Trinajstić information content (AvgIpc) is 2.87. The first kappa shape index (κ1) is 14.8. The Bertz CT molecular complexity index is 330. The Hall–Kier alpha value is -1.28. The number of amides is 1. The van der Waals surface area contributed by atoms with Crippen LogP contribution in [-0.2, 0) is 19.1 Å². The van der Waals surface area contributed by atoms with Crippen LogP contribution in [-0.4, -0.2) is 53.8 Å². The van der Waals surface area contributed by atoms with Gasteiger partial charge in [-0.15, -0.1) is 11.8 Å². The lowest BCUT2D eigenvalue weighted by atomic mass is 10.1. The zero-order chi connectivity index (χ0) is 13.5. The molecule has 18 heavy (non-hydrogen) atoms. The molecule has 1 fully saturated rings. The van der Waals surface area contributed by atoms with E-state index in [-0.39, 0.29) is 24.8 Å². The van der Waals surface area contributed by atoms with Crippen molar-refractivity contribution in [3.05, 3.63) is 0 Å².